The number of amides is 1. The van der Waals surface area contributed by atoms with Crippen LogP contribution in [0.4, 0.5) is 0 Å². The molecule has 0 spiro atoms. The number of hydrogen-bond acceptors (Lipinski definition) is 5. The normalized spacial score (nSPS) is 19.7. The summed E-state index contributed by atoms with van der Waals surface area (Å²) in [7, 11) is 0. The van der Waals surface area contributed by atoms with E-state index in [0.29, 0.717) is 13.0 Å². The van der Waals surface area contributed by atoms with Gasteiger partial charge in [-0.05, 0) is 31.1 Å². The Bertz CT molecular complexity index is 632. The summed E-state index contributed by atoms with van der Waals surface area (Å²) in [6.07, 6.45) is 3.19. The van der Waals surface area contributed by atoms with Gasteiger partial charge in [-0.2, -0.15) is 0 Å². The minimum absolute atomic E-state index is 0.116. The molecule has 1 aliphatic heterocycles. The van der Waals surface area contributed by atoms with Crippen LogP contribution in [0.25, 0.3) is 0 Å². The van der Waals surface area contributed by atoms with E-state index in [-0.39, 0.29) is 17.8 Å². The van der Waals surface area contributed by atoms with Gasteiger partial charge in [0.25, 0.3) is 11.1 Å². The van der Waals surface area contributed by atoms with Crippen molar-refractivity contribution in [1.82, 2.24) is 4.90 Å². The Hall–Kier alpha value is -2.02. The molecule has 1 aromatic carbocycles. The van der Waals surface area contributed by atoms with Crippen LogP contribution < -0.4 is 0 Å². The molecule has 1 aliphatic rings. The molecule has 1 amide bonds. The van der Waals surface area contributed by atoms with Crippen molar-refractivity contribution in [2.45, 2.75) is 31.6 Å². The summed E-state index contributed by atoms with van der Waals surface area (Å²) >= 11 is 5.20. The van der Waals surface area contributed by atoms with E-state index >= 15 is 0 Å². The molecule has 3 atom stereocenters. The van der Waals surface area contributed by atoms with Gasteiger partial charge < -0.3 is 14.6 Å². The number of benzene rings is 1. The van der Waals surface area contributed by atoms with Gasteiger partial charge in [0.1, 0.15) is 12.7 Å². The lowest BCUT2D eigenvalue weighted by molar-refractivity contribution is -0.145. The summed E-state index contributed by atoms with van der Waals surface area (Å²) in [4.78, 5) is 14.4. The highest BCUT2D eigenvalue weighted by Crippen LogP contribution is 2.20. The van der Waals surface area contributed by atoms with Gasteiger partial charge in [-0.3, -0.25) is 9.69 Å². The molecule has 2 rings (SSSR count). The fourth-order valence-electron chi connectivity index (χ4n) is 2.69. The second kappa shape index (κ2) is 9.46. The topological polar surface area (TPSA) is 59.0 Å². The average Bonchev–Trinajstić information content (AvgIpc) is 2.96. The third-order valence-corrected chi connectivity index (χ3v) is 4.16. The Kier molecular flexibility index (Phi) is 7.31. The first-order valence-corrected chi connectivity index (χ1v) is 8.56. The number of aliphatic hydroxyl groups excluding tert-OH is 1. The van der Waals surface area contributed by atoms with Gasteiger partial charge in [0, 0.05) is 0 Å². The molecule has 0 bridgehead atoms. The second-order valence-corrected chi connectivity index (χ2v) is 6.04. The van der Waals surface area contributed by atoms with Crippen LogP contribution in [0.15, 0.2) is 55.1 Å². The largest absolute Gasteiger partial charge is 0.468 e. The predicted octanol–water partition coefficient (Wildman–Crippen LogP) is 2.25. The summed E-state index contributed by atoms with van der Waals surface area (Å²) in [6, 6.07) is 9.59. The van der Waals surface area contributed by atoms with Gasteiger partial charge >= 0.3 is 0 Å². The van der Waals surface area contributed by atoms with Crippen LogP contribution in [0.5, 0.6) is 0 Å². The lowest BCUT2D eigenvalue weighted by Gasteiger charge is -2.27. The van der Waals surface area contributed by atoms with Gasteiger partial charge in [-0.25, -0.2) is 0 Å². The summed E-state index contributed by atoms with van der Waals surface area (Å²) in [6.45, 7) is 5.82. The fourth-order valence-corrected chi connectivity index (χ4v) is 3.00. The van der Waals surface area contributed by atoms with Crippen molar-refractivity contribution in [3.63, 3.8) is 0 Å². The zero-order valence-electron chi connectivity index (χ0n) is 14.2. The molecule has 1 aromatic rings. The Balaban J connectivity index is 2.18. The highest BCUT2D eigenvalue weighted by atomic mass is 32.1. The predicted molar refractivity (Wildman–Crippen MR) is 100 cm³/mol. The number of allylic oxidation sites excluding steroid dienone is 1. The quantitative estimate of drug-likeness (QED) is 0.568. The SMILES string of the molecule is C=CCO[C@@H](C(=O)N1C(=S)OC[C@@H]1Cc1ccccc1)[C@H](O)/C=C/C. The summed E-state index contributed by atoms with van der Waals surface area (Å²) in [5.74, 6) is -0.407. The Morgan fingerprint density at radius 2 is 2.24 bits per heavy atom. The van der Waals surface area contributed by atoms with Crippen LogP contribution >= 0.6 is 12.2 Å². The maximum Gasteiger partial charge on any atom is 0.266 e. The molecule has 1 heterocycles. The lowest BCUT2D eigenvalue weighted by atomic mass is 10.0. The summed E-state index contributed by atoms with van der Waals surface area (Å²) in [5.41, 5.74) is 1.08. The van der Waals surface area contributed by atoms with E-state index in [2.05, 4.69) is 6.58 Å². The van der Waals surface area contributed by atoms with Crippen molar-refractivity contribution in [2.24, 2.45) is 0 Å². The van der Waals surface area contributed by atoms with Gasteiger partial charge in [-0.1, -0.05) is 48.6 Å². The van der Waals surface area contributed by atoms with Crippen molar-refractivity contribution in [2.75, 3.05) is 13.2 Å². The minimum atomic E-state index is -1.07. The lowest BCUT2D eigenvalue weighted by Crippen LogP contribution is -2.50. The number of rotatable bonds is 8. The van der Waals surface area contributed by atoms with Crippen LogP contribution in [-0.4, -0.2) is 52.6 Å². The van der Waals surface area contributed by atoms with E-state index in [1.54, 1.807) is 13.0 Å². The molecular formula is C19H23NO4S. The number of nitrogens with zero attached hydrogens (tertiary/aromatic N) is 1. The highest BCUT2D eigenvalue weighted by Gasteiger charge is 2.40. The maximum atomic E-state index is 13.0. The van der Waals surface area contributed by atoms with Crippen molar-refractivity contribution in [1.29, 1.82) is 0 Å². The van der Waals surface area contributed by atoms with Crippen LogP contribution in [0.2, 0.25) is 0 Å². The van der Waals surface area contributed by atoms with Crippen molar-refractivity contribution in [3.05, 3.63) is 60.7 Å². The zero-order chi connectivity index (χ0) is 18.2. The number of carbonyl (C=O) groups excluding carboxylic acids is 1. The molecule has 6 heteroatoms. The van der Waals surface area contributed by atoms with Gasteiger partial charge in [-0.15, -0.1) is 6.58 Å². The molecule has 1 N–H and O–H groups in total. The molecule has 0 aromatic heterocycles. The molecule has 1 fully saturated rings. The number of carbonyl (C=O) groups is 1. The molecule has 0 radical (unpaired) electrons. The average molecular weight is 361 g/mol. The van der Waals surface area contributed by atoms with Crippen molar-refractivity contribution >= 4 is 23.3 Å². The molecule has 5 nitrogen and oxygen atoms in total. The third kappa shape index (κ3) is 4.98. The van der Waals surface area contributed by atoms with Crippen molar-refractivity contribution in [3.8, 4) is 0 Å². The highest BCUT2D eigenvalue weighted by molar-refractivity contribution is 7.80. The zero-order valence-corrected chi connectivity index (χ0v) is 15.0. The molecule has 25 heavy (non-hydrogen) atoms. The molecule has 0 saturated carbocycles. The standard InChI is InChI=1S/C19H23NO4S/c1-3-8-16(21)17(23-11-4-2)18(22)20-15(13-24-19(20)25)12-14-9-6-5-7-10-14/h3-10,15-17,21H,2,11-13H2,1H3/b8-3+/t15-,16+,17+/m0/s1. The van der Waals surface area contributed by atoms with E-state index < -0.39 is 18.1 Å². The number of aliphatic hydroxyl groups is 1. The van der Waals surface area contributed by atoms with Gasteiger partial charge in [0.2, 0.25) is 0 Å². The molecule has 134 valence electrons. The molecule has 0 aliphatic carbocycles. The number of thiocarbonyl (C=S) groups is 1. The van der Waals surface area contributed by atoms with E-state index in [1.807, 2.05) is 30.3 Å². The first kappa shape index (κ1) is 19.3. The van der Waals surface area contributed by atoms with Gasteiger partial charge in [0.15, 0.2) is 6.10 Å². The first-order valence-electron chi connectivity index (χ1n) is 8.15. The maximum absolute atomic E-state index is 13.0. The summed E-state index contributed by atoms with van der Waals surface area (Å²) < 4.78 is 10.9. The Morgan fingerprint density at radius 3 is 2.88 bits per heavy atom. The molecular weight excluding hydrogens is 338 g/mol. The van der Waals surface area contributed by atoms with Crippen molar-refractivity contribution < 1.29 is 19.4 Å². The minimum Gasteiger partial charge on any atom is -0.468 e. The van der Waals surface area contributed by atoms with E-state index in [0.717, 1.165) is 5.56 Å². The van der Waals surface area contributed by atoms with Crippen LogP contribution in [0.1, 0.15) is 12.5 Å². The Morgan fingerprint density at radius 1 is 1.52 bits per heavy atom. The number of ether oxygens (including phenoxy) is 2. The third-order valence-electron chi connectivity index (χ3n) is 3.85. The Labute approximate surface area is 153 Å². The van der Waals surface area contributed by atoms with Crippen LogP contribution in [0.3, 0.4) is 0 Å². The molecule has 1 saturated heterocycles. The van der Waals surface area contributed by atoms with E-state index in [4.69, 9.17) is 21.7 Å². The second-order valence-electron chi connectivity index (χ2n) is 5.69. The van der Waals surface area contributed by atoms with Gasteiger partial charge in [0.05, 0.1) is 12.6 Å². The first-order chi connectivity index (χ1) is 12.1. The van der Waals surface area contributed by atoms with E-state index in [1.165, 1.54) is 17.1 Å². The fraction of sp³-hybridized carbons (Fsp3) is 0.368. The molecule has 0 unspecified atom stereocenters. The smallest absolute Gasteiger partial charge is 0.266 e. The monoisotopic (exact) mass is 361 g/mol. The number of hydrogen-bond donors (Lipinski definition) is 1. The van der Waals surface area contributed by atoms with E-state index in [9.17, 15) is 9.90 Å². The van der Waals surface area contributed by atoms with Crippen LogP contribution in [0, 0.1) is 0 Å². The van der Waals surface area contributed by atoms with Crippen LogP contribution in [-0.2, 0) is 20.7 Å². The summed E-state index contributed by atoms with van der Waals surface area (Å²) in [5, 5.41) is 10.4.